The molecule has 22 heavy (non-hydrogen) atoms. The summed E-state index contributed by atoms with van der Waals surface area (Å²) < 4.78 is 11.1. The lowest BCUT2D eigenvalue weighted by Gasteiger charge is -2.09. The Bertz CT molecular complexity index is 609. The maximum atomic E-state index is 12.0. The average molecular weight is 318 g/mol. The van der Waals surface area contributed by atoms with Gasteiger partial charge in [-0.1, -0.05) is 18.2 Å². The van der Waals surface area contributed by atoms with Crippen molar-refractivity contribution in [3.63, 3.8) is 0 Å². The Balaban J connectivity index is 1.48. The van der Waals surface area contributed by atoms with Crippen LogP contribution in [0, 0.1) is 0 Å². The number of thiazole rings is 1. The van der Waals surface area contributed by atoms with E-state index in [1.807, 2.05) is 30.3 Å². The predicted octanol–water partition coefficient (Wildman–Crippen LogP) is 2.63. The predicted molar refractivity (Wildman–Crippen MR) is 84.2 cm³/mol. The van der Waals surface area contributed by atoms with Crippen LogP contribution >= 0.6 is 11.3 Å². The summed E-state index contributed by atoms with van der Waals surface area (Å²) in [6.07, 6.45) is 2.22. The van der Waals surface area contributed by atoms with E-state index >= 15 is 0 Å². The smallest absolute Gasteiger partial charge is 0.270 e. The standard InChI is InChI=1S/C16H18N2O3S/c19-16(17-9-13-7-4-8-20-13)14-11-22-15(18-14)10-21-12-5-2-1-3-6-12/h1-3,5-6,11,13H,4,7-10H2,(H,17,19)/t13-/m0/s1. The minimum absolute atomic E-state index is 0.142. The fraction of sp³-hybridized carbons (Fsp3) is 0.375. The number of benzene rings is 1. The first kappa shape index (κ1) is 15.0. The maximum absolute atomic E-state index is 12.0. The lowest BCUT2D eigenvalue weighted by Crippen LogP contribution is -2.31. The number of nitrogens with zero attached hydrogens (tertiary/aromatic N) is 1. The SMILES string of the molecule is O=C(NC[C@@H]1CCCO1)c1csc(COc2ccccc2)n1. The molecule has 1 atom stereocenters. The first-order chi connectivity index (χ1) is 10.8. The molecule has 1 saturated heterocycles. The zero-order valence-electron chi connectivity index (χ0n) is 12.2. The number of ether oxygens (including phenoxy) is 2. The molecule has 1 aliphatic rings. The molecule has 0 spiro atoms. The summed E-state index contributed by atoms with van der Waals surface area (Å²) in [5.74, 6) is 0.639. The molecular formula is C16H18N2O3S. The minimum Gasteiger partial charge on any atom is -0.486 e. The molecule has 3 rings (SSSR count). The number of carbonyl (C=O) groups excluding carboxylic acids is 1. The van der Waals surface area contributed by atoms with Crippen LogP contribution in [0.2, 0.25) is 0 Å². The van der Waals surface area contributed by atoms with E-state index in [4.69, 9.17) is 9.47 Å². The van der Waals surface area contributed by atoms with Crippen LogP contribution < -0.4 is 10.1 Å². The summed E-state index contributed by atoms with van der Waals surface area (Å²) in [5.41, 5.74) is 0.439. The van der Waals surface area contributed by atoms with Gasteiger partial charge in [-0.25, -0.2) is 4.98 Å². The highest BCUT2D eigenvalue weighted by Gasteiger charge is 2.17. The molecule has 5 nitrogen and oxygen atoms in total. The van der Waals surface area contributed by atoms with Crippen molar-refractivity contribution in [2.24, 2.45) is 0 Å². The molecule has 116 valence electrons. The molecule has 0 bridgehead atoms. The zero-order valence-corrected chi connectivity index (χ0v) is 13.0. The van der Waals surface area contributed by atoms with Crippen LogP contribution in [0.4, 0.5) is 0 Å². The Labute approximate surface area is 133 Å². The summed E-state index contributed by atoms with van der Waals surface area (Å²) >= 11 is 1.43. The summed E-state index contributed by atoms with van der Waals surface area (Å²) in [4.78, 5) is 16.3. The van der Waals surface area contributed by atoms with Gasteiger partial charge in [0.2, 0.25) is 0 Å². The molecule has 0 aliphatic carbocycles. The quantitative estimate of drug-likeness (QED) is 0.889. The second-order valence-corrected chi connectivity index (χ2v) is 6.02. The van der Waals surface area contributed by atoms with Crippen LogP contribution in [0.5, 0.6) is 5.75 Å². The molecule has 1 aliphatic heterocycles. The third kappa shape index (κ3) is 4.05. The van der Waals surface area contributed by atoms with Gasteiger partial charge in [-0.2, -0.15) is 0 Å². The average Bonchev–Trinajstić information content (AvgIpc) is 3.23. The van der Waals surface area contributed by atoms with Gasteiger partial charge in [-0.3, -0.25) is 4.79 Å². The van der Waals surface area contributed by atoms with E-state index < -0.39 is 0 Å². The number of rotatable bonds is 6. The van der Waals surface area contributed by atoms with Gasteiger partial charge in [0.15, 0.2) is 0 Å². The normalized spacial score (nSPS) is 17.4. The van der Waals surface area contributed by atoms with Gasteiger partial charge in [-0.05, 0) is 25.0 Å². The van der Waals surface area contributed by atoms with Crippen molar-refractivity contribution in [3.05, 3.63) is 46.4 Å². The molecule has 6 heteroatoms. The largest absolute Gasteiger partial charge is 0.486 e. The molecule has 2 heterocycles. The van der Waals surface area contributed by atoms with E-state index in [-0.39, 0.29) is 12.0 Å². The van der Waals surface area contributed by atoms with Gasteiger partial charge >= 0.3 is 0 Å². The number of nitrogens with one attached hydrogen (secondary N) is 1. The van der Waals surface area contributed by atoms with Crippen LogP contribution in [0.15, 0.2) is 35.7 Å². The van der Waals surface area contributed by atoms with Crippen LogP contribution in [0.1, 0.15) is 28.3 Å². The number of amides is 1. The minimum atomic E-state index is -0.155. The van der Waals surface area contributed by atoms with Gasteiger partial charge in [0.1, 0.15) is 23.1 Å². The van der Waals surface area contributed by atoms with Crippen molar-refractivity contribution >= 4 is 17.2 Å². The van der Waals surface area contributed by atoms with E-state index in [0.29, 0.717) is 18.8 Å². The molecule has 0 radical (unpaired) electrons. The van der Waals surface area contributed by atoms with Crippen molar-refractivity contribution in [1.29, 1.82) is 0 Å². The highest BCUT2D eigenvalue weighted by atomic mass is 32.1. The topological polar surface area (TPSA) is 60.5 Å². The van der Waals surface area contributed by atoms with Crippen molar-refractivity contribution in [1.82, 2.24) is 10.3 Å². The van der Waals surface area contributed by atoms with Crippen molar-refractivity contribution in [2.75, 3.05) is 13.2 Å². The highest BCUT2D eigenvalue weighted by Crippen LogP contribution is 2.15. The third-order valence-corrected chi connectivity index (χ3v) is 4.23. The molecule has 1 aromatic carbocycles. The molecule has 1 N–H and O–H groups in total. The lowest BCUT2D eigenvalue weighted by molar-refractivity contribution is 0.0854. The van der Waals surface area contributed by atoms with Gasteiger partial charge in [0, 0.05) is 18.5 Å². The van der Waals surface area contributed by atoms with E-state index in [1.54, 1.807) is 5.38 Å². The Morgan fingerprint density at radius 1 is 1.41 bits per heavy atom. The Morgan fingerprint density at radius 2 is 2.27 bits per heavy atom. The van der Waals surface area contributed by atoms with E-state index in [1.165, 1.54) is 11.3 Å². The van der Waals surface area contributed by atoms with Gasteiger partial charge < -0.3 is 14.8 Å². The van der Waals surface area contributed by atoms with E-state index in [0.717, 1.165) is 30.2 Å². The fourth-order valence-corrected chi connectivity index (χ4v) is 2.93. The van der Waals surface area contributed by atoms with Crippen LogP contribution in [0.25, 0.3) is 0 Å². The number of hydrogen-bond donors (Lipinski definition) is 1. The van der Waals surface area contributed by atoms with Gasteiger partial charge in [0.05, 0.1) is 6.10 Å². The third-order valence-electron chi connectivity index (χ3n) is 3.40. The van der Waals surface area contributed by atoms with Gasteiger partial charge in [0.25, 0.3) is 5.91 Å². The molecular weight excluding hydrogens is 300 g/mol. The second-order valence-electron chi connectivity index (χ2n) is 5.07. The molecule has 1 amide bonds. The first-order valence-electron chi connectivity index (χ1n) is 7.33. The second kappa shape index (κ2) is 7.38. The number of para-hydroxylation sites is 1. The number of aromatic nitrogens is 1. The van der Waals surface area contributed by atoms with E-state index in [2.05, 4.69) is 10.3 Å². The number of hydrogen-bond acceptors (Lipinski definition) is 5. The van der Waals surface area contributed by atoms with Crippen molar-refractivity contribution in [3.8, 4) is 5.75 Å². The molecule has 2 aromatic rings. The highest BCUT2D eigenvalue weighted by molar-refractivity contribution is 7.09. The summed E-state index contributed by atoms with van der Waals surface area (Å²) in [6, 6.07) is 9.56. The lowest BCUT2D eigenvalue weighted by atomic mass is 10.2. The monoisotopic (exact) mass is 318 g/mol. The summed E-state index contributed by atoms with van der Waals surface area (Å²) in [7, 11) is 0. The van der Waals surface area contributed by atoms with Crippen LogP contribution in [0.3, 0.4) is 0 Å². The van der Waals surface area contributed by atoms with Crippen molar-refractivity contribution in [2.45, 2.75) is 25.6 Å². The molecule has 1 aromatic heterocycles. The van der Waals surface area contributed by atoms with Crippen molar-refractivity contribution < 1.29 is 14.3 Å². The zero-order chi connectivity index (χ0) is 15.2. The fourth-order valence-electron chi connectivity index (χ4n) is 2.25. The summed E-state index contributed by atoms with van der Waals surface area (Å²) in [6.45, 7) is 1.71. The Kier molecular flexibility index (Phi) is 5.03. The maximum Gasteiger partial charge on any atom is 0.270 e. The summed E-state index contributed by atoms with van der Waals surface area (Å²) in [5, 5.41) is 5.41. The Morgan fingerprint density at radius 3 is 3.05 bits per heavy atom. The number of carbonyl (C=O) groups is 1. The molecule has 0 unspecified atom stereocenters. The van der Waals surface area contributed by atoms with Gasteiger partial charge in [-0.15, -0.1) is 11.3 Å². The van der Waals surface area contributed by atoms with E-state index in [9.17, 15) is 4.79 Å². The van der Waals surface area contributed by atoms with Crippen LogP contribution in [-0.2, 0) is 11.3 Å². The Hall–Kier alpha value is -1.92. The molecule has 0 saturated carbocycles. The van der Waals surface area contributed by atoms with Crippen LogP contribution in [-0.4, -0.2) is 30.1 Å². The first-order valence-corrected chi connectivity index (χ1v) is 8.21. The molecule has 1 fully saturated rings.